The number of phenols is 4. The normalized spacial score (nSPS) is 41.5. The summed E-state index contributed by atoms with van der Waals surface area (Å²) in [5, 5.41) is 108. The molecule has 12 aliphatic rings. The Hall–Kier alpha value is -4.65. The molecule has 0 saturated heterocycles. The second kappa shape index (κ2) is 20.7. The van der Waals surface area contributed by atoms with Crippen LogP contribution in [-0.2, 0) is 35.9 Å². The zero-order valence-corrected chi connectivity index (χ0v) is 52.7. The second-order valence-electron chi connectivity index (χ2n) is 32.8. The third-order valence-corrected chi connectivity index (χ3v) is 29.5. The summed E-state index contributed by atoms with van der Waals surface area (Å²) in [5.41, 5.74) is 9.83. The molecule has 0 spiro atoms. The van der Waals surface area contributed by atoms with Gasteiger partial charge in [-0.25, -0.2) is 0 Å². The van der Waals surface area contributed by atoms with Crippen LogP contribution in [0.15, 0.2) is 48.5 Å². The molecule has 88 heavy (non-hydrogen) atoms. The molecule has 11 heteroatoms. The molecule has 472 valence electrons. The van der Waals surface area contributed by atoms with Crippen LogP contribution in [0, 0.1) is 69.0 Å². The van der Waals surface area contributed by atoms with Crippen LogP contribution in [0.1, 0.15) is 254 Å². The summed E-state index contributed by atoms with van der Waals surface area (Å²) in [6.45, 7) is 9.09. The number of carbonyl (C=O) groups is 1. The first-order valence-electron chi connectivity index (χ1n) is 35.2. The third-order valence-electron chi connectivity index (χ3n) is 29.5. The van der Waals surface area contributed by atoms with E-state index in [4.69, 9.17) is 4.74 Å². The van der Waals surface area contributed by atoms with E-state index in [1.807, 2.05) is 42.5 Å². The van der Waals surface area contributed by atoms with E-state index in [-0.39, 0.29) is 111 Å². The largest absolute Gasteiger partial charge is 0.508 e. The van der Waals surface area contributed by atoms with Crippen LogP contribution in [0.5, 0.6) is 28.7 Å². The van der Waals surface area contributed by atoms with Gasteiger partial charge in [-0.05, 0) is 351 Å². The van der Waals surface area contributed by atoms with E-state index in [1.165, 1.54) is 16.7 Å². The van der Waals surface area contributed by atoms with Crippen LogP contribution in [0.4, 0.5) is 0 Å². The fourth-order valence-corrected chi connectivity index (χ4v) is 25.4. The Balaban J connectivity index is 0.893. The van der Waals surface area contributed by atoms with E-state index in [1.54, 1.807) is 6.07 Å². The number of hydrogen-bond acceptors (Lipinski definition) is 11. The molecular formula is C77H98O11. The minimum atomic E-state index is -1.18. The van der Waals surface area contributed by atoms with E-state index in [2.05, 4.69) is 27.7 Å². The molecule has 8 saturated carbocycles. The number of carbonyl (C=O) groups excluding carboxylic acids is 1. The number of aliphatic hydroxyl groups excluding tert-OH is 5. The zero-order valence-electron chi connectivity index (χ0n) is 52.7. The molecule has 0 bridgehead atoms. The number of benzene rings is 4. The minimum absolute atomic E-state index is 0.0117. The molecule has 11 nitrogen and oxygen atoms in total. The summed E-state index contributed by atoms with van der Waals surface area (Å²) in [5.74, 6) is 3.12. The molecule has 0 radical (unpaired) electrons. The van der Waals surface area contributed by atoms with Crippen molar-refractivity contribution >= 4 is 5.97 Å². The molecule has 0 aliphatic heterocycles. The van der Waals surface area contributed by atoms with Crippen LogP contribution >= 0.6 is 0 Å². The van der Waals surface area contributed by atoms with Crippen molar-refractivity contribution in [2.24, 2.45) is 69.0 Å². The highest BCUT2D eigenvalue weighted by Crippen LogP contribution is 2.69. The van der Waals surface area contributed by atoms with E-state index < -0.39 is 29.0 Å². The first kappa shape index (κ1) is 58.4. The lowest BCUT2D eigenvalue weighted by atomic mass is 9.50. The molecule has 0 heterocycles. The minimum Gasteiger partial charge on any atom is -0.508 e. The zero-order chi connectivity index (χ0) is 60.9. The number of ether oxygens (including phenoxy) is 1. The molecule has 21 atom stereocenters. The van der Waals surface area contributed by atoms with Gasteiger partial charge >= 0.3 is 5.97 Å². The van der Waals surface area contributed by atoms with E-state index >= 15 is 4.79 Å². The highest BCUT2D eigenvalue weighted by atomic mass is 16.5. The second-order valence-corrected chi connectivity index (χ2v) is 32.8. The molecular weight excluding hydrogens is 1100 g/mol. The Morgan fingerprint density at radius 3 is 1.20 bits per heavy atom. The molecule has 8 fully saturated rings. The topological polar surface area (TPSA) is 208 Å². The fourth-order valence-electron chi connectivity index (χ4n) is 25.4. The van der Waals surface area contributed by atoms with E-state index in [0.29, 0.717) is 55.1 Å². The van der Waals surface area contributed by atoms with Crippen LogP contribution < -0.4 is 4.74 Å². The number of hydrogen-bond donors (Lipinski definition) is 9. The number of phenolic OH excluding ortho intramolecular Hbond substituents is 4. The van der Waals surface area contributed by atoms with Crippen molar-refractivity contribution in [1.29, 1.82) is 0 Å². The number of fused-ring (bicyclic) bond motifs is 20. The van der Waals surface area contributed by atoms with Gasteiger partial charge in [-0.2, -0.15) is 0 Å². The van der Waals surface area contributed by atoms with Crippen molar-refractivity contribution in [3.8, 4) is 28.7 Å². The molecule has 16 rings (SSSR count). The van der Waals surface area contributed by atoms with Crippen molar-refractivity contribution in [3.63, 3.8) is 0 Å². The highest BCUT2D eigenvalue weighted by molar-refractivity contribution is 5.74. The number of aryl methyl sites for hydroxylation is 4. The first-order chi connectivity index (χ1) is 42.1. The van der Waals surface area contributed by atoms with Crippen molar-refractivity contribution < 1.29 is 55.5 Å². The summed E-state index contributed by atoms with van der Waals surface area (Å²) in [7, 11) is 0. The van der Waals surface area contributed by atoms with Gasteiger partial charge in [0.15, 0.2) is 0 Å². The quantitative estimate of drug-likeness (QED) is 0.0461. The lowest BCUT2D eigenvalue weighted by molar-refractivity contribution is -0.134. The maximum atomic E-state index is 15.3. The average molecular weight is 1200 g/mol. The summed E-state index contributed by atoms with van der Waals surface area (Å²) in [4.78, 5) is 15.3. The van der Waals surface area contributed by atoms with Crippen LogP contribution in [0.2, 0.25) is 0 Å². The molecule has 0 aromatic heterocycles. The maximum absolute atomic E-state index is 15.3. The van der Waals surface area contributed by atoms with Gasteiger partial charge in [-0.3, -0.25) is 4.79 Å². The molecule has 0 amide bonds. The van der Waals surface area contributed by atoms with Gasteiger partial charge < -0.3 is 50.7 Å². The average Bonchev–Trinajstić information content (AvgIpc) is 0.712. The SMILES string of the molecule is C[C@]12CC[C@@H]3c4c(cc(O)cc4OC(=O)CCCC(c4cc(O)cc5c4[C@H]4CC[C@]6(C)[C@H](O)CC[C@H]6[C@@H]4CC5)(c4cc(O)cc5c4[C@H]4CC[C@]6(C)[C@H](O)CC[C@H]6[C@@H]4CC5)c4cc(O)cc5c4[C@H]4CC[C@]6(C)[C@@H](O)[C@H](O)C[C@H]6[C@@H]4CC5)CC[C@H]3[C@@H]1CC[C@H]2O. The molecule has 12 aliphatic carbocycles. The predicted octanol–water partition coefficient (Wildman–Crippen LogP) is 13.5. The molecule has 0 unspecified atom stereocenters. The van der Waals surface area contributed by atoms with Gasteiger partial charge in [0.25, 0.3) is 0 Å². The third kappa shape index (κ3) is 8.31. The predicted molar refractivity (Wildman–Crippen MR) is 336 cm³/mol. The highest BCUT2D eigenvalue weighted by Gasteiger charge is 2.62. The van der Waals surface area contributed by atoms with E-state index in [0.717, 1.165) is 179 Å². The summed E-state index contributed by atoms with van der Waals surface area (Å²) in [6.07, 6.45) is 17.4. The summed E-state index contributed by atoms with van der Waals surface area (Å²) < 4.78 is 6.71. The Labute approximate surface area is 520 Å². The Morgan fingerprint density at radius 2 is 0.795 bits per heavy atom. The smallest absolute Gasteiger partial charge is 0.311 e. The van der Waals surface area contributed by atoms with Gasteiger partial charge in [0.1, 0.15) is 28.7 Å². The summed E-state index contributed by atoms with van der Waals surface area (Å²) in [6, 6.07) is 15.6. The van der Waals surface area contributed by atoms with Crippen LogP contribution in [-0.4, -0.2) is 82.4 Å². The molecule has 4 aromatic rings. The molecule has 9 N–H and O–H groups in total. The standard InChI is InChI=1S/C77H98O11/c1-73-26-21-51-47(55(73)15-18-64(73)83)11-7-39-30-43(78)34-59(68(39)51)77(60-35-44(79)31-40-8-12-48-52(69(40)60)22-27-74(2)56(48)16-19-65(74)84,61-36-45(80)32-41-9-14-50-53(70(41)61)24-29-76(4)58(50)38-62(82)72(76)87)25-5-6-67(86)88-63-37-46(81)33-42-10-13-49-54(71(42)63)23-28-75(3)57(49)17-20-66(75)85/h30-37,47-58,62,64-66,72,78-85,87H,5-29,38H2,1-4H3/t47-,48-,49-,50-,51+,52+,53+,54+,55+,56+,57+,58+,62-,64-,65-,66-,72+,73+,74+,75+,76+/m1/s1. The van der Waals surface area contributed by atoms with Crippen molar-refractivity contribution in [1.82, 2.24) is 0 Å². The van der Waals surface area contributed by atoms with Crippen molar-refractivity contribution in [2.75, 3.05) is 0 Å². The maximum Gasteiger partial charge on any atom is 0.311 e. The lowest BCUT2D eigenvalue weighted by Gasteiger charge is -2.54. The number of esters is 1. The Kier molecular flexibility index (Phi) is 13.7. The number of aliphatic hydroxyl groups is 5. The monoisotopic (exact) mass is 1200 g/mol. The van der Waals surface area contributed by atoms with Gasteiger partial charge in [0, 0.05) is 23.5 Å². The van der Waals surface area contributed by atoms with Crippen molar-refractivity contribution in [2.45, 2.75) is 254 Å². The van der Waals surface area contributed by atoms with Crippen LogP contribution in [0.25, 0.3) is 0 Å². The van der Waals surface area contributed by atoms with Gasteiger partial charge in [-0.15, -0.1) is 0 Å². The van der Waals surface area contributed by atoms with Gasteiger partial charge in [0.05, 0.1) is 30.5 Å². The number of rotatable bonds is 8. The van der Waals surface area contributed by atoms with E-state index in [9.17, 15) is 46.0 Å². The number of aromatic hydroxyl groups is 4. The first-order valence-corrected chi connectivity index (χ1v) is 35.2. The summed E-state index contributed by atoms with van der Waals surface area (Å²) >= 11 is 0. The Bertz CT molecular complexity index is 3370. The van der Waals surface area contributed by atoms with Gasteiger partial charge in [0.2, 0.25) is 0 Å². The fraction of sp³-hybridized carbons (Fsp3) is 0.675. The van der Waals surface area contributed by atoms with Gasteiger partial charge in [-0.1, -0.05) is 27.7 Å². The lowest BCUT2D eigenvalue weighted by Crippen LogP contribution is -2.47. The Morgan fingerprint density at radius 1 is 0.443 bits per heavy atom. The van der Waals surface area contributed by atoms with Crippen molar-refractivity contribution in [3.05, 3.63) is 110 Å². The molecule has 4 aromatic carbocycles. The van der Waals surface area contributed by atoms with Crippen LogP contribution in [0.3, 0.4) is 0 Å².